The van der Waals surface area contributed by atoms with Crippen LogP contribution in [0.4, 0.5) is 0 Å². The van der Waals surface area contributed by atoms with Gasteiger partial charge in [0.05, 0.1) is 24.0 Å². The van der Waals surface area contributed by atoms with Crippen LogP contribution in [0.2, 0.25) is 0 Å². The number of pyridine rings is 1. The third-order valence-corrected chi connectivity index (χ3v) is 5.62. The number of ether oxygens (including phenoxy) is 2. The molecule has 2 aromatic rings. The van der Waals surface area contributed by atoms with E-state index in [0.29, 0.717) is 31.1 Å². The lowest BCUT2D eigenvalue weighted by molar-refractivity contribution is -0.135. The molecule has 0 saturated carbocycles. The minimum absolute atomic E-state index is 0.0156. The molecule has 1 unspecified atom stereocenters. The van der Waals surface area contributed by atoms with E-state index >= 15 is 0 Å². The number of halogens is 1. The van der Waals surface area contributed by atoms with Crippen molar-refractivity contribution in [1.82, 2.24) is 19.9 Å². The van der Waals surface area contributed by atoms with Crippen LogP contribution in [-0.2, 0) is 4.74 Å². The van der Waals surface area contributed by atoms with Crippen LogP contribution in [0.5, 0.6) is 5.88 Å². The fourth-order valence-corrected chi connectivity index (χ4v) is 4.14. The van der Waals surface area contributed by atoms with Crippen molar-refractivity contribution in [2.24, 2.45) is 0 Å². The summed E-state index contributed by atoms with van der Waals surface area (Å²) in [5.41, 5.74) is 0.381. The molecule has 0 N–H and O–H groups in total. The Bertz CT molecular complexity index is 797. The number of hydrogen-bond donors (Lipinski definition) is 0. The molecule has 1 amide bonds. The molecule has 142 valence electrons. The van der Waals surface area contributed by atoms with Crippen molar-refractivity contribution < 1.29 is 14.3 Å². The molecular weight excluding hydrogens is 412 g/mol. The third kappa shape index (κ3) is 4.27. The molecule has 0 aromatic carbocycles. The highest BCUT2D eigenvalue weighted by atomic mass is 79.9. The van der Waals surface area contributed by atoms with Crippen LogP contribution >= 0.6 is 15.9 Å². The Labute approximate surface area is 166 Å². The van der Waals surface area contributed by atoms with Gasteiger partial charge in [-0.2, -0.15) is 0 Å². The molecule has 0 radical (unpaired) electrons. The van der Waals surface area contributed by atoms with E-state index in [4.69, 9.17) is 9.47 Å². The summed E-state index contributed by atoms with van der Waals surface area (Å²) >= 11 is 3.37. The van der Waals surface area contributed by atoms with Crippen LogP contribution in [0.25, 0.3) is 0 Å². The van der Waals surface area contributed by atoms with Crippen LogP contribution in [0, 0.1) is 0 Å². The van der Waals surface area contributed by atoms with Crippen molar-refractivity contribution in [1.29, 1.82) is 0 Å². The number of likely N-dealkylation sites (tertiary alicyclic amines) is 1. The zero-order valence-electron chi connectivity index (χ0n) is 14.9. The fraction of sp³-hybridized carbons (Fsp3) is 0.474. The number of piperidine rings is 1. The van der Waals surface area contributed by atoms with E-state index in [1.165, 1.54) is 0 Å². The molecule has 27 heavy (non-hydrogen) atoms. The monoisotopic (exact) mass is 432 g/mol. The van der Waals surface area contributed by atoms with Gasteiger partial charge in [-0.1, -0.05) is 0 Å². The summed E-state index contributed by atoms with van der Waals surface area (Å²) in [6, 6.07) is 1.81. The average Bonchev–Trinajstić information content (AvgIpc) is 2.69. The Kier molecular flexibility index (Phi) is 5.36. The predicted octanol–water partition coefficient (Wildman–Crippen LogP) is 2.87. The van der Waals surface area contributed by atoms with E-state index < -0.39 is 0 Å². The fourth-order valence-electron chi connectivity index (χ4n) is 3.78. The molecule has 1 atom stereocenters. The summed E-state index contributed by atoms with van der Waals surface area (Å²) in [6.07, 6.45) is 11.5. The van der Waals surface area contributed by atoms with Gasteiger partial charge in [-0.25, -0.2) is 4.98 Å². The Hall–Kier alpha value is -2.06. The van der Waals surface area contributed by atoms with E-state index in [2.05, 4.69) is 30.9 Å². The SMILES string of the molecule is O=C(c1cncc(Br)c1)N1CCC2(CC1)CC(Oc1cnccn1)CCO2. The molecule has 2 saturated heterocycles. The first-order valence-corrected chi connectivity index (χ1v) is 9.89. The smallest absolute Gasteiger partial charge is 0.255 e. The summed E-state index contributed by atoms with van der Waals surface area (Å²) in [4.78, 5) is 26.9. The Morgan fingerprint density at radius 1 is 1.22 bits per heavy atom. The second-order valence-electron chi connectivity index (χ2n) is 6.99. The largest absolute Gasteiger partial charge is 0.473 e. The first kappa shape index (κ1) is 18.3. The maximum Gasteiger partial charge on any atom is 0.255 e. The van der Waals surface area contributed by atoms with Gasteiger partial charge in [0, 0.05) is 55.2 Å². The average molecular weight is 433 g/mol. The van der Waals surface area contributed by atoms with E-state index in [0.717, 1.165) is 30.2 Å². The van der Waals surface area contributed by atoms with Gasteiger partial charge in [0.25, 0.3) is 5.91 Å². The van der Waals surface area contributed by atoms with Gasteiger partial charge in [-0.05, 0) is 34.8 Å². The van der Waals surface area contributed by atoms with Gasteiger partial charge in [-0.15, -0.1) is 0 Å². The summed E-state index contributed by atoms with van der Waals surface area (Å²) in [6.45, 7) is 2.00. The lowest BCUT2D eigenvalue weighted by atomic mass is 9.83. The van der Waals surface area contributed by atoms with E-state index in [1.54, 1.807) is 31.0 Å². The van der Waals surface area contributed by atoms with Gasteiger partial charge >= 0.3 is 0 Å². The van der Waals surface area contributed by atoms with Gasteiger partial charge in [0.15, 0.2) is 0 Å². The number of aromatic nitrogens is 3. The van der Waals surface area contributed by atoms with Crippen molar-refractivity contribution in [3.05, 3.63) is 47.1 Å². The molecule has 0 bridgehead atoms. The second kappa shape index (κ2) is 7.90. The highest BCUT2D eigenvalue weighted by molar-refractivity contribution is 9.10. The third-order valence-electron chi connectivity index (χ3n) is 5.19. The van der Waals surface area contributed by atoms with Crippen molar-refractivity contribution in [2.45, 2.75) is 37.4 Å². The van der Waals surface area contributed by atoms with E-state index in [1.807, 2.05) is 11.0 Å². The molecule has 2 aromatic heterocycles. The topological polar surface area (TPSA) is 77.4 Å². The number of nitrogens with zero attached hydrogens (tertiary/aromatic N) is 4. The first-order valence-electron chi connectivity index (χ1n) is 9.10. The number of rotatable bonds is 3. The van der Waals surface area contributed by atoms with Crippen molar-refractivity contribution in [2.75, 3.05) is 19.7 Å². The lowest BCUT2D eigenvalue weighted by Gasteiger charge is -2.45. The van der Waals surface area contributed by atoms with Gasteiger partial charge in [0.1, 0.15) is 6.10 Å². The summed E-state index contributed by atoms with van der Waals surface area (Å²) < 4.78 is 13.0. The van der Waals surface area contributed by atoms with Crippen LogP contribution in [-0.4, -0.2) is 57.2 Å². The Morgan fingerprint density at radius 3 is 2.81 bits per heavy atom. The summed E-state index contributed by atoms with van der Waals surface area (Å²) in [5.74, 6) is 0.566. The maximum atomic E-state index is 12.7. The Balaban J connectivity index is 1.37. The normalized spacial score (nSPS) is 21.8. The molecule has 4 rings (SSSR count). The lowest BCUT2D eigenvalue weighted by Crippen LogP contribution is -2.52. The van der Waals surface area contributed by atoms with Crippen molar-refractivity contribution in [3.8, 4) is 5.88 Å². The molecule has 2 aliphatic rings. The quantitative estimate of drug-likeness (QED) is 0.741. The molecule has 8 heteroatoms. The maximum absolute atomic E-state index is 12.7. The highest BCUT2D eigenvalue weighted by Gasteiger charge is 2.42. The molecule has 2 aliphatic heterocycles. The van der Waals surface area contributed by atoms with Crippen LogP contribution in [0.3, 0.4) is 0 Å². The molecule has 7 nitrogen and oxygen atoms in total. The summed E-state index contributed by atoms with van der Waals surface area (Å²) in [7, 11) is 0. The summed E-state index contributed by atoms with van der Waals surface area (Å²) in [5, 5.41) is 0. The molecule has 4 heterocycles. The Morgan fingerprint density at radius 2 is 2.07 bits per heavy atom. The molecule has 2 fully saturated rings. The van der Waals surface area contributed by atoms with E-state index in [-0.39, 0.29) is 17.6 Å². The minimum atomic E-state index is -0.225. The molecule has 0 aliphatic carbocycles. The van der Waals surface area contributed by atoms with Crippen molar-refractivity contribution >= 4 is 21.8 Å². The number of hydrogen-bond acceptors (Lipinski definition) is 6. The zero-order valence-corrected chi connectivity index (χ0v) is 16.5. The standard InChI is InChI=1S/C19H21BrN4O3/c20-15-9-14(11-22-12-15)18(25)24-6-2-19(3-7-24)10-16(1-8-26-19)27-17-13-21-4-5-23-17/h4-5,9,11-13,16H,1-3,6-8,10H2. The van der Waals surface area contributed by atoms with Crippen molar-refractivity contribution in [3.63, 3.8) is 0 Å². The number of carbonyl (C=O) groups excluding carboxylic acids is 1. The van der Waals surface area contributed by atoms with Gasteiger partial charge in [0.2, 0.25) is 5.88 Å². The predicted molar refractivity (Wildman–Crippen MR) is 101 cm³/mol. The number of amides is 1. The van der Waals surface area contributed by atoms with Gasteiger partial charge < -0.3 is 14.4 Å². The second-order valence-corrected chi connectivity index (χ2v) is 7.91. The zero-order chi connectivity index (χ0) is 18.7. The number of carbonyl (C=O) groups is 1. The van der Waals surface area contributed by atoms with E-state index in [9.17, 15) is 4.79 Å². The van der Waals surface area contributed by atoms with Gasteiger partial charge in [-0.3, -0.25) is 14.8 Å². The molecule has 1 spiro atoms. The highest BCUT2D eigenvalue weighted by Crippen LogP contribution is 2.36. The first-order chi connectivity index (χ1) is 13.1. The van der Waals surface area contributed by atoms with Crippen LogP contribution < -0.4 is 4.74 Å². The molecular formula is C19H21BrN4O3. The van der Waals surface area contributed by atoms with Crippen LogP contribution in [0.15, 0.2) is 41.5 Å². The van der Waals surface area contributed by atoms with Crippen LogP contribution in [0.1, 0.15) is 36.0 Å². The minimum Gasteiger partial charge on any atom is -0.473 e.